The molecular formula is C17H17N3O3. The molecule has 6 heteroatoms. The van der Waals surface area contributed by atoms with Crippen molar-refractivity contribution < 1.29 is 14.7 Å². The maximum Gasteiger partial charge on any atom is 0.326 e. The number of rotatable bonds is 7. The number of nitrogens with one attached hydrogen (secondary N) is 1. The van der Waals surface area contributed by atoms with Gasteiger partial charge in [0.15, 0.2) is 0 Å². The number of carboxylic acid groups (broad SMARTS) is 1. The van der Waals surface area contributed by atoms with Crippen LogP contribution in [0.2, 0.25) is 0 Å². The molecule has 1 amide bonds. The first-order valence-electron chi connectivity index (χ1n) is 7.38. The van der Waals surface area contributed by atoms with Crippen LogP contribution in [0.1, 0.15) is 36.2 Å². The Bertz CT molecular complexity index is 752. The van der Waals surface area contributed by atoms with E-state index in [1.165, 1.54) is 0 Å². The van der Waals surface area contributed by atoms with E-state index >= 15 is 0 Å². The van der Waals surface area contributed by atoms with Crippen molar-refractivity contribution in [3.63, 3.8) is 0 Å². The topological polar surface area (TPSA) is 103 Å². The fourth-order valence-corrected chi connectivity index (χ4v) is 2.23. The van der Waals surface area contributed by atoms with Crippen molar-refractivity contribution in [3.05, 3.63) is 42.1 Å². The van der Waals surface area contributed by atoms with Gasteiger partial charge in [-0.1, -0.05) is 24.3 Å². The van der Waals surface area contributed by atoms with Crippen LogP contribution in [0.5, 0.6) is 0 Å². The summed E-state index contributed by atoms with van der Waals surface area (Å²) in [5, 5.41) is 21.1. The van der Waals surface area contributed by atoms with Crippen molar-refractivity contribution in [2.75, 3.05) is 0 Å². The molecule has 1 atom stereocenters. The predicted octanol–water partition coefficient (Wildman–Crippen LogP) is 2.50. The number of para-hydroxylation sites is 1. The van der Waals surface area contributed by atoms with E-state index in [4.69, 9.17) is 5.26 Å². The normalized spacial score (nSPS) is 11.6. The number of aromatic nitrogens is 1. The molecule has 0 aliphatic heterocycles. The highest BCUT2D eigenvalue weighted by molar-refractivity contribution is 5.96. The standard InChI is InChI=1S/C17H17N3O3/c18-11-5-1-2-8-15(17(22)23)20-16(21)14-10-9-12-6-3-4-7-13(12)19-14/h3-4,6-7,9-10,15H,1-2,5,8H2,(H,20,21)(H,22,23)/t15-/m1/s1. The first-order chi connectivity index (χ1) is 11.1. The zero-order valence-electron chi connectivity index (χ0n) is 12.5. The Kier molecular flexibility index (Phi) is 5.64. The number of carboxylic acids is 1. The van der Waals surface area contributed by atoms with E-state index in [0.717, 1.165) is 5.39 Å². The molecule has 2 N–H and O–H groups in total. The lowest BCUT2D eigenvalue weighted by Crippen LogP contribution is -2.41. The minimum Gasteiger partial charge on any atom is -0.480 e. The van der Waals surface area contributed by atoms with Crippen LogP contribution in [0.3, 0.4) is 0 Å². The minimum absolute atomic E-state index is 0.187. The quantitative estimate of drug-likeness (QED) is 0.765. The first kappa shape index (κ1) is 16.4. The van der Waals surface area contributed by atoms with Gasteiger partial charge in [-0.2, -0.15) is 5.26 Å². The molecule has 6 nitrogen and oxygen atoms in total. The van der Waals surface area contributed by atoms with Crippen molar-refractivity contribution in [1.29, 1.82) is 5.26 Å². The number of nitrogens with zero attached hydrogens (tertiary/aromatic N) is 2. The maximum atomic E-state index is 12.2. The first-order valence-corrected chi connectivity index (χ1v) is 7.38. The fraction of sp³-hybridized carbons (Fsp3) is 0.294. The number of carbonyl (C=O) groups excluding carboxylic acids is 1. The zero-order chi connectivity index (χ0) is 16.7. The Labute approximate surface area is 133 Å². The lowest BCUT2D eigenvalue weighted by Gasteiger charge is -2.14. The lowest BCUT2D eigenvalue weighted by atomic mass is 10.1. The number of fused-ring (bicyclic) bond motifs is 1. The van der Waals surface area contributed by atoms with Gasteiger partial charge in [-0.05, 0) is 31.4 Å². The molecule has 1 aromatic heterocycles. The third kappa shape index (κ3) is 4.51. The largest absolute Gasteiger partial charge is 0.480 e. The van der Waals surface area contributed by atoms with Gasteiger partial charge in [0, 0.05) is 11.8 Å². The van der Waals surface area contributed by atoms with E-state index < -0.39 is 17.9 Å². The van der Waals surface area contributed by atoms with Crippen LogP contribution >= 0.6 is 0 Å². The Morgan fingerprint density at radius 1 is 1.22 bits per heavy atom. The molecule has 2 aromatic rings. The molecular weight excluding hydrogens is 294 g/mol. The molecule has 1 aromatic carbocycles. The van der Waals surface area contributed by atoms with Gasteiger partial charge >= 0.3 is 5.97 Å². The van der Waals surface area contributed by atoms with Crippen molar-refractivity contribution in [3.8, 4) is 6.07 Å². The molecule has 0 bridgehead atoms. The summed E-state index contributed by atoms with van der Waals surface area (Å²) in [6.45, 7) is 0. The second kappa shape index (κ2) is 7.90. The van der Waals surface area contributed by atoms with E-state index in [9.17, 15) is 14.7 Å². The minimum atomic E-state index is -1.09. The monoisotopic (exact) mass is 311 g/mol. The lowest BCUT2D eigenvalue weighted by molar-refractivity contribution is -0.139. The number of unbranched alkanes of at least 4 members (excludes halogenated alkanes) is 2. The van der Waals surface area contributed by atoms with Crippen molar-refractivity contribution in [1.82, 2.24) is 10.3 Å². The zero-order valence-corrected chi connectivity index (χ0v) is 12.5. The highest BCUT2D eigenvalue weighted by Gasteiger charge is 2.20. The molecule has 0 aliphatic carbocycles. The highest BCUT2D eigenvalue weighted by atomic mass is 16.4. The molecule has 0 unspecified atom stereocenters. The molecule has 0 saturated heterocycles. The van der Waals surface area contributed by atoms with Crippen molar-refractivity contribution in [2.24, 2.45) is 0 Å². The van der Waals surface area contributed by atoms with E-state index in [2.05, 4.69) is 10.3 Å². The Morgan fingerprint density at radius 2 is 2.00 bits per heavy atom. The fourth-order valence-electron chi connectivity index (χ4n) is 2.23. The summed E-state index contributed by atoms with van der Waals surface area (Å²) < 4.78 is 0. The van der Waals surface area contributed by atoms with Crippen LogP contribution in [0, 0.1) is 11.3 Å². The van der Waals surface area contributed by atoms with Crippen LogP contribution in [0.4, 0.5) is 0 Å². The number of amides is 1. The number of aliphatic carboxylic acids is 1. The van der Waals surface area contributed by atoms with Gasteiger partial charge in [0.05, 0.1) is 11.6 Å². The average molecular weight is 311 g/mol. The maximum absolute atomic E-state index is 12.2. The number of carbonyl (C=O) groups is 2. The Balaban J connectivity index is 2.04. The summed E-state index contributed by atoms with van der Waals surface area (Å²) in [5.41, 5.74) is 0.869. The summed E-state index contributed by atoms with van der Waals surface area (Å²) in [7, 11) is 0. The molecule has 118 valence electrons. The van der Waals surface area contributed by atoms with Gasteiger partial charge < -0.3 is 10.4 Å². The average Bonchev–Trinajstić information content (AvgIpc) is 2.56. The van der Waals surface area contributed by atoms with E-state index in [1.807, 2.05) is 24.3 Å². The van der Waals surface area contributed by atoms with Crippen LogP contribution < -0.4 is 5.32 Å². The molecule has 0 spiro atoms. The van der Waals surface area contributed by atoms with Gasteiger partial charge in [0.1, 0.15) is 11.7 Å². The van der Waals surface area contributed by atoms with Crippen LogP contribution in [-0.4, -0.2) is 28.0 Å². The van der Waals surface area contributed by atoms with Gasteiger partial charge in [0.2, 0.25) is 0 Å². The van der Waals surface area contributed by atoms with Gasteiger partial charge in [-0.15, -0.1) is 0 Å². The van der Waals surface area contributed by atoms with Gasteiger partial charge in [0.25, 0.3) is 5.91 Å². The van der Waals surface area contributed by atoms with Gasteiger partial charge in [-0.25, -0.2) is 9.78 Å². The summed E-state index contributed by atoms with van der Waals surface area (Å²) in [4.78, 5) is 27.7. The van der Waals surface area contributed by atoms with E-state index in [1.54, 1.807) is 18.2 Å². The second-order valence-electron chi connectivity index (χ2n) is 5.16. The van der Waals surface area contributed by atoms with Crippen molar-refractivity contribution in [2.45, 2.75) is 31.7 Å². The van der Waals surface area contributed by atoms with Gasteiger partial charge in [-0.3, -0.25) is 4.79 Å². The summed E-state index contributed by atoms with van der Waals surface area (Å²) in [5.74, 6) is -1.60. The number of hydrogen-bond acceptors (Lipinski definition) is 4. The second-order valence-corrected chi connectivity index (χ2v) is 5.16. The summed E-state index contributed by atoms with van der Waals surface area (Å²) >= 11 is 0. The van der Waals surface area contributed by atoms with E-state index in [0.29, 0.717) is 24.8 Å². The SMILES string of the molecule is N#CCCCC[C@@H](NC(=O)c1ccc2ccccc2n1)C(=O)O. The molecule has 23 heavy (non-hydrogen) atoms. The van der Waals surface area contributed by atoms with Crippen molar-refractivity contribution >= 4 is 22.8 Å². The third-order valence-electron chi connectivity index (χ3n) is 3.47. The molecule has 0 aliphatic rings. The number of benzene rings is 1. The summed E-state index contributed by atoms with van der Waals surface area (Å²) in [6.07, 6.45) is 1.85. The predicted molar refractivity (Wildman–Crippen MR) is 84.7 cm³/mol. The van der Waals surface area contributed by atoms with Crippen LogP contribution in [0.15, 0.2) is 36.4 Å². The van der Waals surface area contributed by atoms with E-state index in [-0.39, 0.29) is 12.1 Å². The molecule has 1 heterocycles. The molecule has 0 fully saturated rings. The number of nitriles is 1. The smallest absolute Gasteiger partial charge is 0.326 e. The molecule has 0 radical (unpaired) electrons. The number of hydrogen-bond donors (Lipinski definition) is 2. The Morgan fingerprint density at radius 3 is 2.74 bits per heavy atom. The molecule has 2 rings (SSSR count). The highest BCUT2D eigenvalue weighted by Crippen LogP contribution is 2.12. The third-order valence-corrected chi connectivity index (χ3v) is 3.47. The summed E-state index contributed by atoms with van der Waals surface area (Å²) in [6, 6.07) is 11.8. The number of pyridine rings is 1. The van der Waals surface area contributed by atoms with Crippen LogP contribution in [0.25, 0.3) is 10.9 Å². The van der Waals surface area contributed by atoms with Crippen LogP contribution in [-0.2, 0) is 4.79 Å². The molecule has 0 saturated carbocycles. The Hall–Kier alpha value is -2.94.